The van der Waals surface area contributed by atoms with E-state index in [2.05, 4.69) is 5.32 Å². The normalized spacial score (nSPS) is 12.0. The lowest BCUT2D eigenvalue weighted by Gasteiger charge is -2.31. The highest BCUT2D eigenvalue weighted by molar-refractivity contribution is 7.90. The van der Waals surface area contributed by atoms with Crippen LogP contribution < -0.4 is 11.1 Å². The molecule has 0 aliphatic heterocycles. The number of carbonyl (C=O) groups excluding carboxylic acids is 1. The number of carbonyl (C=O) groups is 1. The van der Waals surface area contributed by atoms with E-state index < -0.39 is 15.4 Å². The second kappa shape index (κ2) is 8.47. The van der Waals surface area contributed by atoms with Crippen LogP contribution in [-0.2, 0) is 15.6 Å². The molecule has 0 unspecified atom stereocenters. The van der Waals surface area contributed by atoms with Crippen LogP contribution in [0.2, 0.25) is 0 Å². The van der Waals surface area contributed by atoms with E-state index in [1.807, 2.05) is 32.0 Å². The highest BCUT2D eigenvalue weighted by Gasteiger charge is 2.27. The minimum absolute atomic E-state index is 0.0681. The van der Waals surface area contributed by atoms with Crippen LogP contribution in [0.15, 0.2) is 59.5 Å². The molecule has 1 amide bonds. The average molecular weight is 375 g/mol. The Bertz CT molecular complexity index is 819. The highest BCUT2D eigenvalue weighted by atomic mass is 32.2. The van der Waals surface area contributed by atoms with E-state index in [0.717, 1.165) is 18.4 Å². The Morgan fingerprint density at radius 2 is 1.58 bits per heavy atom. The number of nitrogens with one attached hydrogen (secondary N) is 1. The molecule has 140 valence electrons. The quantitative estimate of drug-likeness (QED) is 0.743. The Labute approximate surface area is 155 Å². The number of hydrogen-bond donors (Lipinski definition) is 2. The van der Waals surface area contributed by atoms with Crippen molar-refractivity contribution in [3.05, 3.63) is 65.7 Å². The molecule has 0 atom stereocenters. The van der Waals surface area contributed by atoms with Crippen molar-refractivity contribution in [3.63, 3.8) is 0 Å². The van der Waals surface area contributed by atoms with E-state index in [4.69, 9.17) is 5.73 Å². The molecule has 0 aliphatic rings. The van der Waals surface area contributed by atoms with E-state index in [0.29, 0.717) is 12.1 Å². The summed E-state index contributed by atoms with van der Waals surface area (Å²) < 4.78 is 25.1. The Kier molecular flexibility index (Phi) is 6.56. The third kappa shape index (κ3) is 4.71. The van der Waals surface area contributed by atoms with Gasteiger partial charge < -0.3 is 11.1 Å². The number of rotatable bonds is 8. The number of hydrogen-bond acceptors (Lipinski definition) is 4. The lowest BCUT2D eigenvalue weighted by molar-refractivity contribution is 0.0895. The fourth-order valence-electron chi connectivity index (χ4n) is 2.77. The molecule has 0 bridgehead atoms. The first-order valence-corrected chi connectivity index (χ1v) is 10.4. The van der Waals surface area contributed by atoms with Crippen molar-refractivity contribution in [2.24, 2.45) is 5.73 Å². The van der Waals surface area contributed by atoms with Gasteiger partial charge in [-0.05, 0) is 42.7 Å². The maximum absolute atomic E-state index is 12.5. The van der Waals surface area contributed by atoms with E-state index in [1.54, 1.807) is 24.3 Å². The molecule has 2 rings (SSSR count). The van der Waals surface area contributed by atoms with Gasteiger partial charge in [0, 0.05) is 12.1 Å². The van der Waals surface area contributed by atoms with Crippen LogP contribution in [0.3, 0.4) is 0 Å². The minimum atomic E-state index is -3.46. The second-order valence-corrected chi connectivity index (χ2v) is 8.40. The second-order valence-electron chi connectivity index (χ2n) is 6.41. The zero-order chi connectivity index (χ0) is 19.2. The van der Waals surface area contributed by atoms with E-state index in [1.165, 1.54) is 12.1 Å². The van der Waals surface area contributed by atoms with E-state index in [-0.39, 0.29) is 16.6 Å². The van der Waals surface area contributed by atoms with Gasteiger partial charge in [-0.15, -0.1) is 0 Å². The van der Waals surface area contributed by atoms with Crippen LogP contribution in [0.5, 0.6) is 0 Å². The Balaban J connectivity index is 2.16. The fraction of sp³-hybridized carbons (Fsp3) is 0.350. The smallest absolute Gasteiger partial charge is 0.251 e. The molecular weight excluding hydrogens is 348 g/mol. The molecule has 0 aliphatic carbocycles. The lowest BCUT2D eigenvalue weighted by Crippen LogP contribution is -2.52. The Morgan fingerprint density at radius 3 is 2.08 bits per heavy atom. The predicted molar refractivity (Wildman–Crippen MR) is 104 cm³/mol. The molecule has 0 heterocycles. The molecule has 0 spiro atoms. The number of sulfone groups is 1. The Hall–Kier alpha value is -2.18. The molecule has 5 nitrogen and oxygen atoms in total. The van der Waals surface area contributed by atoms with Gasteiger partial charge in [-0.1, -0.05) is 44.2 Å². The fourth-order valence-corrected chi connectivity index (χ4v) is 4.12. The van der Waals surface area contributed by atoms with Gasteiger partial charge in [0.1, 0.15) is 0 Å². The molecule has 2 aromatic rings. The molecule has 0 radical (unpaired) electrons. The minimum Gasteiger partial charge on any atom is -0.345 e. The zero-order valence-corrected chi connectivity index (χ0v) is 16.1. The Morgan fingerprint density at radius 1 is 1.00 bits per heavy atom. The summed E-state index contributed by atoms with van der Waals surface area (Å²) in [5.74, 6) is -0.312. The van der Waals surface area contributed by atoms with Crippen LogP contribution in [0.4, 0.5) is 0 Å². The molecule has 0 saturated carbocycles. The van der Waals surface area contributed by atoms with Gasteiger partial charge in [0.25, 0.3) is 5.91 Å². The number of nitrogens with two attached hydrogens (primary N) is 1. The van der Waals surface area contributed by atoms with Crippen molar-refractivity contribution in [2.75, 3.05) is 6.54 Å². The predicted octanol–water partition coefficient (Wildman–Crippen LogP) is 2.91. The first-order chi connectivity index (χ1) is 12.4. The average Bonchev–Trinajstić information content (AvgIpc) is 2.66. The molecular formula is C20H26N2O3S. The van der Waals surface area contributed by atoms with Crippen LogP contribution in [0.1, 0.15) is 42.6 Å². The van der Waals surface area contributed by atoms with Crippen molar-refractivity contribution < 1.29 is 13.2 Å². The van der Waals surface area contributed by atoms with Crippen molar-refractivity contribution in [2.45, 2.75) is 42.9 Å². The zero-order valence-electron chi connectivity index (χ0n) is 15.2. The van der Waals surface area contributed by atoms with Crippen LogP contribution >= 0.6 is 0 Å². The molecule has 0 fully saturated rings. The van der Waals surface area contributed by atoms with Crippen molar-refractivity contribution in [1.29, 1.82) is 0 Å². The summed E-state index contributed by atoms with van der Waals surface area (Å²) in [5, 5.41) is 2.98. The lowest BCUT2D eigenvalue weighted by atomic mass is 9.92. The summed E-state index contributed by atoms with van der Waals surface area (Å²) in [7, 11) is -3.46. The number of benzene rings is 2. The monoisotopic (exact) mass is 374 g/mol. The van der Waals surface area contributed by atoms with E-state index in [9.17, 15) is 13.2 Å². The maximum atomic E-state index is 12.5. The van der Waals surface area contributed by atoms with E-state index >= 15 is 0 Å². The van der Waals surface area contributed by atoms with Crippen LogP contribution in [-0.4, -0.2) is 26.4 Å². The standard InChI is InChI=1S/C20H26N2O3S/c1-3-20(4-2,15-21)22-19(23)17-10-12-18(13-11-17)26(24,25)14-16-8-6-5-7-9-16/h5-13H,3-4,14-15,21H2,1-2H3,(H,22,23). The topological polar surface area (TPSA) is 89.3 Å². The molecule has 6 heteroatoms. The summed E-state index contributed by atoms with van der Waals surface area (Å²) >= 11 is 0. The summed E-state index contributed by atoms with van der Waals surface area (Å²) in [6, 6.07) is 15.1. The van der Waals surface area contributed by atoms with Crippen molar-refractivity contribution in [1.82, 2.24) is 5.32 Å². The molecule has 0 saturated heterocycles. The first-order valence-electron chi connectivity index (χ1n) is 8.75. The van der Waals surface area contributed by atoms with Gasteiger partial charge in [0.2, 0.25) is 0 Å². The number of amides is 1. The summed E-state index contributed by atoms with van der Waals surface area (Å²) in [4.78, 5) is 12.7. The third-order valence-electron chi connectivity index (χ3n) is 4.80. The van der Waals surface area contributed by atoms with Crippen molar-refractivity contribution >= 4 is 15.7 Å². The SMILES string of the molecule is CCC(CC)(CN)NC(=O)c1ccc(S(=O)(=O)Cc2ccccc2)cc1. The molecule has 2 aromatic carbocycles. The molecule has 0 aromatic heterocycles. The van der Waals surface area contributed by atoms with Crippen molar-refractivity contribution in [3.8, 4) is 0 Å². The van der Waals surface area contributed by atoms with Gasteiger partial charge >= 0.3 is 0 Å². The van der Waals surface area contributed by atoms with Gasteiger partial charge in [-0.3, -0.25) is 4.79 Å². The molecule has 3 N–H and O–H groups in total. The van der Waals surface area contributed by atoms with Gasteiger partial charge in [0.05, 0.1) is 16.2 Å². The largest absolute Gasteiger partial charge is 0.345 e. The van der Waals surface area contributed by atoms with Gasteiger partial charge in [0.15, 0.2) is 9.84 Å². The maximum Gasteiger partial charge on any atom is 0.251 e. The third-order valence-corrected chi connectivity index (χ3v) is 6.50. The van der Waals surface area contributed by atoms with Gasteiger partial charge in [-0.25, -0.2) is 8.42 Å². The summed E-state index contributed by atoms with van der Waals surface area (Å²) in [6.45, 7) is 4.32. The van der Waals surface area contributed by atoms with Crippen LogP contribution in [0.25, 0.3) is 0 Å². The van der Waals surface area contributed by atoms with Crippen LogP contribution in [0, 0.1) is 0 Å². The molecule has 26 heavy (non-hydrogen) atoms. The highest BCUT2D eigenvalue weighted by Crippen LogP contribution is 2.19. The summed E-state index contributed by atoms with van der Waals surface area (Å²) in [6.07, 6.45) is 1.46. The van der Waals surface area contributed by atoms with Gasteiger partial charge in [-0.2, -0.15) is 0 Å². The summed E-state index contributed by atoms with van der Waals surface area (Å²) in [5.41, 5.74) is 6.53. The first kappa shape index (κ1) is 20.1.